The standard InChI is InChI=1S/C8H10ClN3O3/c1-5(9)3-11-8(13)7-2-6(4-10-7)12(14)15/h2,4-5,10H,3H2,1H3,(H,11,13). The topological polar surface area (TPSA) is 88.0 Å². The van der Waals surface area contributed by atoms with Gasteiger partial charge in [-0.3, -0.25) is 14.9 Å². The lowest BCUT2D eigenvalue weighted by Gasteiger charge is -2.03. The van der Waals surface area contributed by atoms with Crippen LogP contribution in [-0.2, 0) is 0 Å². The number of aromatic nitrogens is 1. The van der Waals surface area contributed by atoms with Crippen LogP contribution in [0.3, 0.4) is 0 Å². The lowest BCUT2D eigenvalue weighted by molar-refractivity contribution is -0.384. The van der Waals surface area contributed by atoms with Crippen LogP contribution in [0.15, 0.2) is 12.3 Å². The van der Waals surface area contributed by atoms with E-state index in [0.29, 0.717) is 6.54 Å². The fourth-order valence-electron chi connectivity index (χ4n) is 0.948. The molecule has 1 amide bonds. The van der Waals surface area contributed by atoms with Gasteiger partial charge in [0.15, 0.2) is 0 Å². The van der Waals surface area contributed by atoms with Crippen molar-refractivity contribution in [2.75, 3.05) is 6.54 Å². The predicted octanol–water partition coefficient (Wildman–Crippen LogP) is 1.28. The van der Waals surface area contributed by atoms with Gasteiger partial charge in [0.2, 0.25) is 0 Å². The van der Waals surface area contributed by atoms with Crippen molar-refractivity contribution in [3.8, 4) is 0 Å². The summed E-state index contributed by atoms with van der Waals surface area (Å²) in [5, 5.41) is 12.7. The van der Waals surface area contributed by atoms with Crippen LogP contribution in [-0.4, -0.2) is 27.7 Å². The molecule has 2 N–H and O–H groups in total. The van der Waals surface area contributed by atoms with Crippen molar-refractivity contribution >= 4 is 23.2 Å². The van der Waals surface area contributed by atoms with Gasteiger partial charge in [0.25, 0.3) is 11.6 Å². The third-order valence-corrected chi connectivity index (χ3v) is 1.82. The van der Waals surface area contributed by atoms with Crippen LogP contribution in [0.2, 0.25) is 0 Å². The Balaban J connectivity index is 2.62. The maximum absolute atomic E-state index is 11.4. The van der Waals surface area contributed by atoms with Gasteiger partial charge in [-0.15, -0.1) is 11.6 Å². The molecule has 0 saturated heterocycles. The summed E-state index contributed by atoms with van der Waals surface area (Å²) in [4.78, 5) is 23.6. The Morgan fingerprint density at radius 1 is 1.80 bits per heavy atom. The number of hydrogen-bond acceptors (Lipinski definition) is 3. The molecule has 1 heterocycles. The van der Waals surface area contributed by atoms with Gasteiger partial charge in [0, 0.05) is 18.0 Å². The molecule has 0 spiro atoms. The average Bonchev–Trinajstić information content (AvgIpc) is 2.62. The summed E-state index contributed by atoms with van der Waals surface area (Å²) in [6.45, 7) is 2.05. The monoisotopic (exact) mass is 231 g/mol. The number of nitrogens with one attached hydrogen (secondary N) is 2. The molecule has 1 aromatic rings. The molecule has 0 fully saturated rings. The number of aromatic amines is 1. The van der Waals surface area contributed by atoms with Crippen LogP contribution in [0.1, 0.15) is 17.4 Å². The van der Waals surface area contributed by atoms with Crippen LogP contribution >= 0.6 is 11.6 Å². The first-order valence-corrected chi connectivity index (χ1v) is 4.69. The molecule has 1 rings (SSSR count). The van der Waals surface area contributed by atoms with E-state index in [9.17, 15) is 14.9 Å². The summed E-state index contributed by atoms with van der Waals surface area (Å²) >= 11 is 5.63. The van der Waals surface area contributed by atoms with E-state index in [0.717, 1.165) is 0 Å². The van der Waals surface area contributed by atoms with E-state index in [2.05, 4.69) is 10.3 Å². The van der Waals surface area contributed by atoms with Crippen LogP contribution in [0, 0.1) is 10.1 Å². The molecule has 15 heavy (non-hydrogen) atoms. The quantitative estimate of drug-likeness (QED) is 0.465. The second kappa shape index (κ2) is 4.79. The SMILES string of the molecule is CC(Cl)CNC(=O)c1cc([N+](=O)[O-])c[nH]1. The molecule has 1 atom stereocenters. The number of hydrogen-bond donors (Lipinski definition) is 2. The first-order chi connectivity index (χ1) is 7.00. The van der Waals surface area contributed by atoms with Crippen molar-refractivity contribution in [2.45, 2.75) is 12.3 Å². The van der Waals surface area contributed by atoms with Crippen LogP contribution in [0.4, 0.5) is 5.69 Å². The van der Waals surface area contributed by atoms with Gasteiger partial charge >= 0.3 is 0 Å². The maximum Gasteiger partial charge on any atom is 0.287 e. The van der Waals surface area contributed by atoms with Crippen molar-refractivity contribution in [3.05, 3.63) is 28.1 Å². The lowest BCUT2D eigenvalue weighted by atomic mass is 10.3. The number of alkyl halides is 1. The molecule has 0 bridgehead atoms. The number of carbonyl (C=O) groups excluding carboxylic acids is 1. The van der Waals surface area contributed by atoms with Crippen LogP contribution in [0.25, 0.3) is 0 Å². The molecule has 0 radical (unpaired) electrons. The highest BCUT2D eigenvalue weighted by Crippen LogP contribution is 2.11. The van der Waals surface area contributed by atoms with Gasteiger partial charge in [-0.1, -0.05) is 0 Å². The molecule has 0 aliphatic rings. The van der Waals surface area contributed by atoms with Crippen molar-refractivity contribution in [2.24, 2.45) is 0 Å². The molecule has 0 aromatic carbocycles. The number of carbonyl (C=O) groups is 1. The first-order valence-electron chi connectivity index (χ1n) is 4.25. The highest BCUT2D eigenvalue weighted by atomic mass is 35.5. The molecular formula is C8H10ClN3O3. The second-order valence-corrected chi connectivity index (χ2v) is 3.76. The van der Waals surface area contributed by atoms with Gasteiger partial charge in [-0.25, -0.2) is 0 Å². The van der Waals surface area contributed by atoms with E-state index < -0.39 is 10.8 Å². The van der Waals surface area contributed by atoms with E-state index in [1.807, 2.05) is 0 Å². The van der Waals surface area contributed by atoms with E-state index in [-0.39, 0.29) is 16.8 Å². The average molecular weight is 232 g/mol. The van der Waals surface area contributed by atoms with Gasteiger partial charge < -0.3 is 10.3 Å². The van der Waals surface area contributed by atoms with Crippen molar-refractivity contribution in [1.82, 2.24) is 10.3 Å². The Hall–Kier alpha value is -1.56. The molecule has 0 aliphatic carbocycles. The molecule has 1 unspecified atom stereocenters. The van der Waals surface area contributed by atoms with E-state index in [1.165, 1.54) is 12.3 Å². The number of amides is 1. The summed E-state index contributed by atoms with van der Waals surface area (Å²) in [5.41, 5.74) is 0.0121. The van der Waals surface area contributed by atoms with Crippen LogP contribution in [0.5, 0.6) is 0 Å². The fourth-order valence-corrected chi connectivity index (χ4v) is 1.03. The predicted molar refractivity (Wildman–Crippen MR) is 55.1 cm³/mol. The van der Waals surface area contributed by atoms with Crippen molar-refractivity contribution in [1.29, 1.82) is 0 Å². The Labute approximate surface area is 90.8 Å². The van der Waals surface area contributed by atoms with E-state index >= 15 is 0 Å². The highest BCUT2D eigenvalue weighted by Gasteiger charge is 2.14. The van der Waals surface area contributed by atoms with Crippen LogP contribution < -0.4 is 5.32 Å². The highest BCUT2D eigenvalue weighted by molar-refractivity contribution is 6.20. The summed E-state index contributed by atoms with van der Waals surface area (Å²) in [5.74, 6) is -0.407. The molecule has 0 saturated carbocycles. The summed E-state index contributed by atoms with van der Waals surface area (Å²) in [7, 11) is 0. The van der Waals surface area contributed by atoms with Crippen molar-refractivity contribution in [3.63, 3.8) is 0 Å². The molecule has 1 aromatic heterocycles. The summed E-state index contributed by atoms with van der Waals surface area (Å²) in [6.07, 6.45) is 1.17. The van der Waals surface area contributed by atoms with E-state index in [4.69, 9.17) is 11.6 Å². The minimum atomic E-state index is -0.572. The van der Waals surface area contributed by atoms with Gasteiger partial charge in [-0.05, 0) is 6.92 Å². The number of halogens is 1. The van der Waals surface area contributed by atoms with E-state index in [1.54, 1.807) is 6.92 Å². The zero-order chi connectivity index (χ0) is 11.4. The summed E-state index contributed by atoms with van der Waals surface area (Å²) < 4.78 is 0. The molecule has 82 valence electrons. The Morgan fingerprint density at radius 3 is 2.93 bits per heavy atom. The number of H-pyrrole nitrogens is 1. The number of nitro groups is 1. The third-order valence-electron chi connectivity index (χ3n) is 1.67. The number of rotatable bonds is 4. The minimum Gasteiger partial charge on any atom is -0.351 e. The summed E-state index contributed by atoms with van der Waals surface area (Å²) in [6, 6.07) is 1.17. The third kappa shape index (κ3) is 3.25. The second-order valence-electron chi connectivity index (χ2n) is 3.02. The minimum absolute atomic E-state index is 0.140. The Bertz CT molecular complexity index is 375. The molecule has 6 nitrogen and oxygen atoms in total. The zero-order valence-electron chi connectivity index (χ0n) is 7.99. The zero-order valence-corrected chi connectivity index (χ0v) is 8.75. The maximum atomic E-state index is 11.4. The first kappa shape index (κ1) is 11.5. The molecular weight excluding hydrogens is 222 g/mol. The number of nitrogens with zero attached hydrogens (tertiary/aromatic N) is 1. The smallest absolute Gasteiger partial charge is 0.287 e. The Kier molecular flexibility index (Phi) is 3.68. The molecule has 7 heteroatoms. The lowest BCUT2D eigenvalue weighted by Crippen LogP contribution is -2.28. The van der Waals surface area contributed by atoms with Gasteiger partial charge in [0.05, 0.1) is 11.1 Å². The largest absolute Gasteiger partial charge is 0.351 e. The Morgan fingerprint density at radius 2 is 2.47 bits per heavy atom. The molecule has 0 aliphatic heterocycles. The van der Waals surface area contributed by atoms with Gasteiger partial charge in [0.1, 0.15) is 5.69 Å². The normalized spacial score (nSPS) is 12.1. The van der Waals surface area contributed by atoms with Gasteiger partial charge in [-0.2, -0.15) is 0 Å². The fraction of sp³-hybridized carbons (Fsp3) is 0.375. The van der Waals surface area contributed by atoms with Crippen molar-refractivity contribution < 1.29 is 9.72 Å².